The lowest BCUT2D eigenvalue weighted by molar-refractivity contribution is -0.155. The number of carbonyl (C=O) groups excluding carboxylic acids is 2. The minimum Gasteiger partial charge on any atom is -0.465 e. The zero-order chi connectivity index (χ0) is 24.2. The van der Waals surface area contributed by atoms with Gasteiger partial charge in [-0.25, -0.2) is 0 Å². The Hall–Kier alpha value is -1.06. The first kappa shape index (κ1) is 30.0. The maximum atomic E-state index is 12.5. The first-order valence-electron chi connectivity index (χ1n) is 14.4. The molecule has 0 spiro atoms. The van der Waals surface area contributed by atoms with Gasteiger partial charge in [0.1, 0.15) is 0 Å². The molecule has 33 heavy (non-hydrogen) atoms. The molecule has 1 aliphatic carbocycles. The lowest BCUT2D eigenvalue weighted by Gasteiger charge is -2.26. The fourth-order valence-electron chi connectivity index (χ4n) is 4.80. The van der Waals surface area contributed by atoms with Crippen molar-refractivity contribution in [2.24, 2.45) is 17.8 Å². The van der Waals surface area contributed by atoms with Crippen molar-refractivity contribution in [3.05, 3.63) is 0 Å². The van der Waals surface area contributed by atoms with Gasteiger partial charge in [-0.15, -0.1) is 0 Å². The molecule has 0 aromatic rings. The van der Waals surface area contributed by atoms with Gasteiger partial charge in [0.15, 0.2) is 0 Å². The Labute approximate surface area is 205 Å². The van der Waals surface area contributed by atoms with Gasteiger partial charge in [-0.05, 0) is 38.0 Å². The van der Waals surface area contributed by atoms with Gasteiger partial charge in [-0.3, -0.25) is 9.59 Å². The van der Waals surface area contributed by atoms with Crippen LogP contribution in [0.2, 0.25) is 0 Å². The van der Waals surface area contributed by atoms with Crippen LogP contribution in [0.3, 0.4) is 0 Å². The van der Waals surface area contributed by atoms with Crippen molar-refractivity contribution in [3.63, 3.8) is 0 Å². The SMILES string of the molecule is CCCCCCCCCCCOC(=O)C1CCCC(C(=O)OCCCCCCCC(C)C)C1. The highest BCUT2D eigenvalue weighted by molar-refractivity contribution is 5.76. The number of carbonyl (C=O) groups is 2. The van der Waals surface area contributed by atoms with Gasteiger partial charge in [0.05, 0.1) is 25.0 Å². The molecule has 0 aromatic carbocycles. The maximum absolute atomic E-state index is 12.5. The molecule has 2 unspecified atom stereocenters. The van der Waals surface area contributed by atoms with E-state index in [4.69, 9.17) is 9.47 Å². The Balaban J connectivity index is 2.05. The number of esters is 2. The summed E-state index contributed by atoms with van der Waals surface area (Å²) in [4.78, 5) is 24.9. The quantitative estimate of drug-likeness (QED) is 0.133. The van der Waals surface area contributed by atoms with Gasteiger partial charge in [-0.2, -0.15) is 0 Å². The zero-order valence-corrected chi connectivity index (χ0v) is 22.2. The van der Waals surface area contributed by atoms with Gasteiger partial charge in [0, 0.05) is 0 Å². The first-order valence-corrected chi connectivity index (χ1v) is 14.4. The maximum Gasteiger partial charge on any atom is 0.308 e. The Kier molecular flexibility index (Phi) is 18.5. The highest BCUT2D eigenvalue weighted by Crippen LogP contribution is 2.31. The van der Waals surface area contributed by atoms with E-state index in [9.17, 15) is 9.59 Å². The van der Waals surface area contributed by atoms with Crippen LogP contribution < -0.4 is 0 Å². The minimum absolute atomic E-state index is 0.103. The Morgan fingerprint density at radius 2 is 1.09 bits per heavy atom. The molecule has 194 valence electrons. The third kappa shape index (κ3) is 16.2. The molecule has 4 heteroatoms. The second kappa shape index (κ2) is 20.3. The van der Waals surface area contributed by atoms with Crippen LogP contribution in [0.4, 0.5) is 0 Å². The van der Waals surface area contributed by atoms with Crippen LogP contribution in [0.5, 0.6) is 0 Å². The highest BCUT2D eigenvalue weighted by atomic mass is 16.5. The summed E-state index contributed by atoms with van der Waals surface area (Å²) in [6.45, 7) is 7.84. The molecule has 1 fully saturated rings. The lowest BCUT2D eigenvalue weighted by Crippen LogP contribution is -2.30. The van der Waals surface area contributed by atoms with Crippen molar-refractivity contribution in [1.82, 2.24) is 0 Å². The average molecular weight is 467 g/mol. The summed E-state index contributed by atoms with van der Waals surface area (Å²) < 4.78 is 11.1. The molecule has 0 bridgehead atoms. The van der Waals surface area contributed by atoms with Gasteiger partial charge in [0.2, 0.25) is 0 Å². The van der Waals surface area contributed by atoms with Gasteiger partial charge >= 0.3 is 11.9 Å². The molecule has 0 heterocycles. The average Bonchev–Trinajstić information content (AvgIpc) is 2.81. The topological polar surface area (TPSA) is 52.6 Å². The normalized spacial score (nSPS) is 18.4. The predicted octanol–water partition coefficient (Wildman–Crippen LogP) is 8.41. The van der Waals surface area contributed by atoms with Gasteiger partial charge in [-0.1, -0.05) is 111 Å². The fourth-order valence-corrected chi connectivity index (χ4v) is 4.80. The molecule has 1 rings (SSSR count). The summed E-state index contributed by atoms with van der Waals surface area (Å²) in [6, 6.07) is 0. The Morgan fingerprint density at radius 1 is 0.667 bits per heavy atom. The smallest absolute Gasteiger partial charge is 0.308 e. The summed E-state index contributed by atoms with van der Waals surface area (Å²) in [5.74, 6) is 0.322. The van der Waals surface area contributed by atoms with Gasteiger partial charge in [0.25, 0.3) is 0 Å². The lowest BCUT2D eigenvalue weighted by atomic mass is 9.81. The summed E-state index contributed by atoms with van der Waals surface area (Å²) in [5, 5.41) is 0. The third-order valence-electron chi connectivity index (χ3n) is 7.00. The van der Waals surface area contributed by atoms with Crippen molar-refractivity contribution in [3.8, 4) is 0 Å². The second-order valence-electron chi connectivity index (χ2n) is 10.7. The third-order valence-corrected chi connectivity index (χ3v) is 7.00. The molecule has 0 saturated heterocycles. The van der Waals surface area contributed by atoms with E-state index in [1.807, 2.05) is 0 Å². The van der Waals surface area contributed by atoms with Crippen molar-refractivity contribution in [1.29, 1.82) is 0 Å². The first-order chi connectivity index (χ1) is 16.0. The Morgan fingerprint density at radius 3 is 1.55 bits per heavy atom. The second-order valence-corrected chi connectivity index (χ2v) is 10.7. The summed E-state index contributed by atoms with van der Waals surface area (Å²) in [7, 11) is 0. The molecule has 0 N–H and O–H groups in total. The summed E-state index contributed by atoms with van der Waals surface area (Å²) >= 11 is 0. The monoisotopic (exact) mass is 466 g/mol. The predicted molar refractivity (Wildman–Crippen MR) is 137 cm³/mol. The molecule has 0 aromatic heterocycles. The van der Waals surface area contributed by atoms with Crippen molar-refractivity contribution in [2.75, 3.05) is 13.2 Å². The van der Waals surface area contributed by atoms with E-state index in [1.165, 1.54) is 70.6 Å². The zero-order valence-electron chi connectivity index (χ0n) is 22.2. The van der Waals surface area contributed by atoms with Crippen LogP contribution in [0.1, 0.15) is 143 Å². The van der Waals surface area contributed by atoms with Crippen LogP contribution >= 0.6 is 0 Å². The molecule has 1 aliphatic rings. The molecule has 0 aliphatic heterocycles. The van der Waals surface area contributed by atoms with E-state index >= 15 is 0 Å². The van der Waals surface area contributed by atoms with Crippen molar-refractivity contribution in [2.45, 2.75) is 143 Å². The van der Waals surface area contributed by atoms with E-state index in [0.717, 1.165) is 50.9 Å². The fraction of sp³-hybridized carbons (Fsp3) is 0.931. The molecule has 4 nitrogen and oxygen atoms in total. The van der Waals surface area contributed by atoms with E-state index in [0.29, 0.717) is 19.6 Å². The molecule has 0 radical (unpaired) electrons. The van der Waals surface area contributed by atoms with E-state index in [1.54, 1.807) is 0 Å². The molecule has 2 atom stereocenters. The number of hydrogen-bond acceptors (Lipinski definition) is 4. The Bertz CT molecular complexity index is 488. The van der Waals surface area contributed by atoms with Crippen molar-refractivity contribution >= 4 is 11.9 Å². The number of ether oxygens (including phenoxy) is 2. The van der Waals surface area contributed by atoms with E-state index in [2.05, 4.69) is 20.8 Å². The van der Waals surface area contributed by atoms with Crippen LogP contribution in [0, 0.1) is 17.8 Å². The van der Waals surface area contributed by atoms with Crippen LogP contribution in [0.15, 0.2) is 0 Å². The number of unbranched alkanes of at least 4 members (excludes halogenated alkanes) is 12. The van der Waals surface area contributed by atoms with E-state index < -0.39 is 0 Å². The summed E-state index contributed by atoms with van der Waals surface area (Å²) in [5.41, 5.74) is 0. The standard InChI is InChI=1S/C29H54O4/c1-4-5-6-7-8-9-10-13-16-22-32-28(30)26-20-18-21-27(24-26)29(31)33-23-17-14-11-12-15-19-25(2)3/h25-27H,4-24H2,1-3H3. The summed E-state index contributed by atoms with van der Waals surface area (Å²) in [6.07, 6.45) is 21.7. The van der Waals surface area contributed by atoms with Crippen LogP contribution in [-0.4, -0.2) is 25.2 Å². The highest BCUT2D eigenvalue weighted by Gasteiger charge is 2.32. The molecule has 1 saturated carbocycles. The molecule has 0 amide bonds. The van der Waals surface area contributed by atoms with Crippen LogP contribution in [0.25, 0.3) is 0 Å². The molecular formula is C29H54O4. The van der Waals surface area contributed by atoms with Crippen molar-refractivity contribution < 1.29 is 19.1 Å². The largest absolute Gasteiger partial charge is 0.465 e. The van der Waals surface area contributed by atoms with E-state index in [-0.39, 0.29) is 23.8 Å². The minimum atomic E-state index is -0.130. The number of hydrogen-bond donors (Lipinski definition) is 0. The number of rotatable bonds is 20. The van der Waals surface area contributed by atoms with Crippen LogP contribution in [-0.2, 0) is 19.1 Å². The molecular weight excluding hydrogens is 412 g/mol. The van der Waals surface area contributed by atoms with Gasteiger partial charge < -0.3 is 9.47 Å².